The molecule has 3 aromatic heterocycles. The van der Waals surface area contributed by atoms with Gasteiger partial charge in [-0.1, -0.05) is 28.2 Å². The van der Waals surface area contributed by atoms with Crippen molar-refractivity contribution in [2.45, 2.75) is 0 Å². The van der Waals surface area contributed by atoms with Crippen molar-refractivity contribution in [3.05, 3.63) is 61.7 Å². The topological polar surface area (TPSA) is 71.8 Å². The van der Waals surface area contributed by atoms with Gasteiger partial charge in [0.15, 0.2) is 12.4 Å². The molecule has 29 heavy (non-hydrogen) atoms. The SMILES string of the molecule is C[n+]1cncc2c1B1c3c(ncnc3N(c3ccccc3)c3cnc[n+](C)c31)O2. The largest absolute Gasteiger partial charge is 0.432 e. The lowest BCUT2D eigenvalue weighted by Gasteiger charge is -2.35. The van der Waals surface area contributed by atoms with Crippen LogP contribution >= 0.6 is 0 Å². The van der Waals surface area contributed by atoms with Crippen LogP contribution in [0.2, 0.25) is 0 Å². The summed E-state index contributed by atoms with van der Waals surface area (Å²) in [5, 5.41) is 0. The summed E-state index contributed by atoms with van der Waals surface area (Å²) in [5.74, 6) is 2.06. The average molecular weight is 381 g/mol. The molecule has 0 unspecified atom stereocenters. The molecule has 0 fully saturated rings. The smallest absolute Gasteiger partial charge is 0.360 e. The normalized spacial score (nSPS) is 13.3. The van der Waals surface area contributed by atoms with E-state index in [-0.39, 0.29) is 6.71 Å². The van der Waals surface area contributed by atoms with Crippen LogP contribution in [0.3, 0.4) is 0 Å². The molecule has 0 atom stereocenters. The molecule has 2 aliphatic rings. The first kappa shape index (κ1) is 16.1. The second kappa shape index (κ2) is 5.81. The number of rotatable bonds is 1. The first-order valence-corrected chi connectivity index (χ1v) is 9.29. The van der Waals surface area contributed by atoms with Crippen LogP contribution in [0.4, 0.5) is 17.2 Å². The zero-order valence-electron chi connectivity index (χ0n) is 15.9. The summed E-state index contributed by atoms with van der Waals surface area (Å²) in [5.41, 5.74) is 5.04. The molecule has 4 aromatic rings. The van der Waals surface area contributed by atoms with E-state index in [9.17, 15) is 0 Å². The molecule has 9 heteroatoms. The van der Waals surface area contributed by atoms with Crippen molar-refractivity contribution in [2.24, 2.45) is 14.1 Å². The van der Waals surface area contributed by atoms with Crippen molar-refractivity contribution >= 4 is 40.6 Å². The van der Waals surface area contributed by atoms with Gasteiger partial charge in [0.25, 0.3) is 12.7 Å². The second-order valence-electron chi connectivity index (χ2n) is 7.15. The molecule has 0 aliphatic carbocycles. The Balaban J connectivity index is 1.74. The number of benzene rings is 1. The number of nitrogens with zero attached hydrogens (tertiary/aromatic N) is 7. The van der Waals surface area contributed by atoms with Crippen LogP contribution < -0.4 is 35.4 Å². The van der Waals surface area contributed by atoms with E-state index in [1.54, 1.807) is 18.9 Å². The van der Waals surface area contributed by atoms with E-state index < -0.39 is 0 Å². The van der Waals surface area contributed by atoms with Crippen LogP contribution in [0.5, 0.6) is 11.6 Å². The standard InChI is InChI=1S/C20H16BN7O/c1-26-11-22-8-14-17(26)21-16-19(28(14)13-6-4-3-5-7-13)24-10-25-20(16)29-15-9-23-12-27(2)18(15)21/h3-12H,1-2H3/q+2. The van der Waals surface area contributed by atoms with Gasteiger partial charge in [0.2, 0.25) is 11.6 Å². The fraction of sp³-hybridized carbons (Fsp3) is 0.100. The second-order valence-corrected chi connectivity index (χ2v) is 7.15. The third-order valence-corrected chi connectivity index (χ3v) is 5.48. The Morgan fingerprint density at radius 1 is 0.931 bits per heavy atom. The average Bonchev–Trinajstić information content (AvgIpc) is 2.74. The fourth-order valence-corrected chi connectivity index (χ4v) is 4.31. The van der Waals surface area contributed by atoms with Crippen molar-refractivity contribution in [1.82, 2.24) is 19.9 Å². The molecule has 8 nitrogen and oxygen atoms in total. The number of anilines is 3. The number of para-hydroxylation sites is 1. The van der Waals surface area contributed by atoms with Gasteiger partial charge in [0, 0.05) is 11.2 Å². The fourth-order valence-electron chi connectivity index (χ4n) is 4.31. The zero-order valence-corrected chi connectivity index (χ0v) is 15.9. The molecule has 0 spiro atoms. The summed E-state index contributed by atoms with van der Waals surface area (Å²) < 4.78 is 10.2. The van der Waals surface area contributed by atoms with Crippen LogP contribution in [-0.2, 0) is 14.1 Å². The van der Waals surface area contributed by atoms with E-state index in [0.29, 0.717) is 11.6 Å². The van der Waals surface area contributed by atoms with E-state index in [1.807, 2.05) is 49.4 Å². The summed E-state index contributed by atoms with van der Waals surface area (Å²) in [6.45, 7) is -0.0964. The van der Waals surface area contributed by atoms with Gasteiger partial charge in [-0.05, 0) is 12.1 Å². The van der Waals surface area contributed by atoms with E-state index in [0.717, 1.165) is 33.8 Å². The minimum absolute atomic E-state index is 0.0964. The Labute approximate surface area is 167 Å². The Morgan fingerprint density at radius 2 is 1.69 bits per heavy atom. The molecule has 0 saturated heterocycles. The maximum atomic E-state index is 6.16. The van der Waals surface area contributed by atoms with Crippen LogP contribution in [0, 0.1) is 0 Å². The van der Waals surface area contributed by atoms with Crippen LogP contribution in [0.25, 0.3) is 0 Å². The Bertz CT molecular complexity index is 1260. The molecule has 5 heterocycles. The van der Waals surface area contributed by atoms with Crippen molar-refractivity contribution < 1.29 is 13.9 Å². The van der Waals surface area contributed by atoms with Crippen LogP contribution in [0.1, 0.15) is 0 Å². The highest BCUT2D eigenvalue weighted by Gasteiger charge is 2.50. The van der Waals surface area contributed by atoms with Gasteiger partial charge < -0.3 is 4.74 Å². The van der Waals surface area contributed by atoms with Crippen molar-refractivity contribution in [1.29, 1.82) is 0 Å². The van der Waals surface area contributed by atoms with Gasteiger partial charge in [0.05, 0.1) is 14.1 Å². The lowest BCUT2D eigenvalue weighted by Crippen LogP contribution is -2.74. The van der Waals surface area contributed by atoms with Gasteiger partial charge in [-0.3, -0.25) is 4.90 Å². The summed E-state index contributed by atoms with van der Waals surface area (Å²) in [6, 6.07) is 10.2. The van der Waals surface area contributed by atoms with E-state index in [1.165, 1.54) is 0 Å². The molecular weight excluding hydrogens is 365 g/mol. The van der Waals surface area contributed by atoms with E-state index in [4.69, 9.17) is 4.74 Å². The van der Waals surface area contributed by atoms with E-state index >= 15 is 0 Å². The summed E-state index contributed by atoms with van der Waals surface area (Å²) in [6.07, 6.45) is 8.80. The summed E-state index contributed by atoms with van der Waals surface area (Å²) in [4.78, 5) is 20.0. The third kappa shape index (κ3) is 2.15. The predicted octanol–water partition coefficient (Wildman–Crippen LogP) is -0.679. The van der Waals surface area contributed by atoms with Gasteiger partial charge in [0.1, 0.15) is 29.0 Å². The highest BCUT2D eigenvalue weighted by atomic mass is 16.5. The number of aryl methyl sites for hydroxylation is 2. The van der Waals surface area contributed by atoms with Crippen molar-refractivity contribution in [2.75, 3.05) is 4.90 Å². The monoisotopic (exact) mass is 381 g/mol. The zero-order chi connectivity index (χ0) is 19.5. The molecule has 6 rings (SSSR count). The third-order valence-electron chi connectivity index (χ3n) is 5.48. The predicted molar refractivity (Wildman–Crippen MR) is 106 cm³/mol. The molecule has 1 aromatic carbocycles. The van der Waals surface area contributed by atoms with Crippen LogP contribution in [0.15, 0.2) is 61.7 Å². The lowest BCUT2D eigenvalue weighted by atomic mass is 9.37. The maximum Gasteiger partial charge on any atom is 0.360 e. The molecular formula is C20H16BN7O+2. The first-order valence-electron chi connectivity index (χ1n) is 9.29. The summed E-state index contributed by atoms with van der Waals surface area (Å²) in [7, 11) is 3.99. The number of hydrogen-bond donors (Lipinski definition) is 0. The molecule has 138 valence electrons. The summed E-state index contributed by atoms with van der Waals surface area (Å²) >= 11 is 0. The Kier molecular flexibility index (Phi) is 3.23. The molecule has 0 amide bonds. The Morgan fingerprint density at radius 3 is 2.52 bits per heavy atom. The molecule has 0 N–H and O–H groups in total. The van der Waals surface area contributed by atoms with Gasteiger partial charge in [-0.2, -0.15) is 0 Å². The number of hydrogen-bond acceptors (Lipinski definition) is 6. The first-order chi connectivity index (χ1) is 14.2. The maximum absolute atomic E-state index is 6.16. The highest BCUT2D eigenvalue weighted by Crippen LogP contribution is 2.36. The minimum atomic E-state index is -0.0964. The lowest BCUT2D eigenvalue weighted by molar-refractivity contribution is -0.661. The van der Waals surface area contributed by atoms with E-state index in [2.05, 4.69) is 41.5 Å². The number of aromatic nitrogens is 6. The number of ether oxygens (including phenoxy) is 1. The van der Waals surface area contributed by atoms with Gasteiger partial charge >= 0.3 is 6.71 Å². The Hall–Kier alpha value is -3.88. The quantitative estimate of drug-likeness (QED) is 0.278. The van der Waals surface area contributed by atoms with Crippen molar-refractivity contribution in [3.8, 4) is 11.6 Å². The van der Waals surface area contributed by atoms with Crippen molar-refractivity contribution in [3.63, 3.8) is 0 Å². The van der Waals surface area contributed by atoms with Crippen LogP contribution in [-0.4, -0.2) is 26.6 Å². The minimum Gasteiger partial charge on any atom is -0.432 e. The highest BCUT2D eigenvalue weighted by molar-refractivity contribution is 6.97. The van der Waals surface area contributed by atoms with Gasteiger partial charge in [-0.25, -0.2) is 19.1 Å². The molecule has 0 bridgehead atoms. The van der Waals surface area contributed by atoms with Gasteiger partial charge in [-0.15, -0.1) is 0 Å². The number of fused-ring (bicyclic) bond motifs is 4. The molecule has 2 aliphatic heterocycles. The molecule has 0 saturated carbocycles. The molecule has 0 radical (unpaired) electrons.